The van der Waals surface area contributed by atoms with E-state index in [1.54, 1.807) is 0 Å². The first-order valence-corrected chi connectivity index (χ1v) is 7.57. The molecule has 13 heteroatoms. The molecule has 2 aromatic carbocycles. The third-order valence-corrected chi connectivity index (χ3v) is 3.73. The van der Waals surface area contributed by atoms with Crippen LogP contribution in [-0.4, -0.2) is 16.9 Å². The average Bonchev–Trinajstić information content (AvgIpc) is 2.62. The normalized spacial score (nSPS) is 12.6. The number of amides is 1. The number of nitrogens with zero attached hydrogens (tertiary/aromatic N) is 1. The van der Waals surface area contributed by atoms with Crippen LogP contribution >= 0.6 is 0 Å². The molecule has 0 aliphatic carbocycles. The van der Waals surface area contributed by atoms with Crippen molar-refractivity contribution in [2.45, 2.75) is 18.6 Å². The highest BCUT2D eigenvalue weighted by atomic mass is 19.4. The van der Waals surface area contributed by atoms with E-state index in [2.05, 4.69) is 0 Å². The Hall–Kier alpha value is -3.22. The highest BCUT2D eigenvalue weighted by Gasteiger charge is 2.42. The Kier molecular flexibility index (Phi) is 6.11. The van der Waals surface area contributed by atoms with Gasteiger partial charge in [0.1, 0.15) is 11.3 Å². The fourth-order valence-corrected chi connectivity index (χ4v) is 2.31. The molecule has 0 heterocycles. The number of non-ortho nitro benzene ring substituents is 1. The molecule has 0 saturated heterocycles. The highest BCUT2D eigenvalue weighted by molar-refractivity contribution is 5.95. The summed E-state index contributed by atoms with van der Waals surface area (Å²) in [6.45, 7) is 0. The van der Waals surface area contributed by atoms with Crippen molar-refractivity contribution in [1.82, 2.24) is 0 Å². The van der Waals surface area contributed by atoms with E-state index in [1.165, 1.54) is 17.4 Å². The molecule has 0 radical (unpaired) electrons. The molecule has 3 N–H and O–H groups in total. The van der Waals surface area contributed by atoms with Gasteiger partial charge in [0.05, 0.1) is 11.0 Å². The first-order valence-electron chi connectivity index (χ1n) is 7.57. The molecule has 2 rings (SSSR count). The number of rotatable bonds is 5. The maximum atomic E-state index is 13.8. The van der Waals surface area contributed by atoms with Crippen LogP contribution in [-0.2, 0) is 17.4 Å². The summed E-state index contributed by atoms with van der Waals surface area (Å²) in [6, 6.07) is 3.12. The van der Waals surface area contributed by atoms with Crippen molar-refractivity contribution in [3.05, 3.63) is 68.8 Å². The number of nitro groups is 1. The zero-order valence-electron chi connectivity index (χ0n) is 14.0. The SMILES string of the molecule is N[C@@H](Cc1ccc([N+](=O)[O-])cc1)C(=O)Nc1c(F)c(F)c(C(F)(F)F)c(F)c1F. The van der Waals surface area contributed by atoms with Gasteiger partial charge in [0.15, 0.2) is 23.3 Å². The Morgan fingerprint density at radius 2 is 1.52 bits per heavy atom. The first-order chi connectivity index (χ1) is 13.3. The van der Waals surface area contributed by atoms with Crippen LogP contribution in [0, 0.1) is 33.4 Å². The molecule has 1 amide bonds. The Bertz CT molecular complexity index is 933. The third kappa shape index (κ3) is 4.62. The maximum absolute atomic E-state index is 13.8. The molecule has 0 spiro atoms. The van der Waals surface area contributed by atoms with Crippen LogP contribution in [0.15, 0.2) is 24.3 Å². The van der Waals surface area contributed by atoms with Crippen LogP contribution in [0.5, 0.6) is 0 Å². The Morgan fingerprint density at radius 3 is 1.93 bits per heavy atom. The number of nitrogens with one attached hydrogen (secondary N) is 1. The van der Waals surface area contributed by atoms with Crippen LogP contribution in [0.2, 0.25) is 0 Å². The summed E-state index contributed by atoms with van der Waals surface area (Å²) in [4.78, 5) is 21.8. The average molecular weight is 425 g/mol. The van der Waals surface area contributed by atoms with Gasteiger partial charge in [-0.25, -0.2) is 17.6 Å². The molecule has 0 aliphatic rings. The van der Waals surface area contributed by atoms with E-state index in [9.17, 15) is 45.6 Å². The first kappa shape index (κ1) is 22.1. The van der Waals surface area contributed by atoms with Crippen molar-refractivity contribution in [1.29, 1.82) is 0 Å². The smallest absolute Gasteiger partial charge is 0.320 e. The molecular weight excluding hydrogens is 415 g/mol. The van der Waals surface area contributed by atoms with Crippen LogP contribution in [0.3, 0.4) is 0 Å². The number of benzene rings is 2. The molecule has 1 atom stereocenters. The van der Waals surface area contributed by atoms with Crippen molar-refractivity contribution in [3.8, 4) is 0 Å². The van der Waals surface area contributed by atoms with Gasteiger partial charge in [-0.3, -0.25) is 14.9 Å². The number of anilines is 1. The zero-order chi connectivity index (χ0) is 22.1. The van der Waals surface area contributed by atoms with E-state index in [0.29, 0.717) is 5.56 Å². The fraction of sp³-hybridized carbons (Fsp3) is 0.188. The Balaban J connectivity index is 2.25. The van der Waals surface area contributed by atoms with Crippen molar-refractivity contribution >= 4 is 17.3 Å². The lowest BCUT2D eigenvalue weighted by Crippen LogP contribution is -2.38. The van der Waals surface area contributed by atoms with Crippen LogP contribution in [0.4, 0.5) is 42.1 Å². The lowest BCUT2D eigenvalue weighted by molar-refractivity contribution is -0.384. The van der Waals surface area contributed by atoms with E-state index in [4.69, 9.17) is 5.73 Å². The minimum absolute atomic E-state index is 0.258. The number of carbonyl (C=O) groups excluding carboxylic acids is 1. The zero-order valence-corrected chi connectivity index (χ0v) is 14.0. The number of alkyl halides is 3. The molecule has 0 fully saturated rings. The summed E-state index contributed by atoms with van der Waals surface area (Å²) in [7, 11) is 0. The summed E-state index contributed by atoms with van der Waals surface area (Å²) >= 11 is 0. The van der Waals surface area contributed by atoms with Gasteiger partial charge >= 0.3 is 6.18 Å². The van der Waals surface area contributed by atoms with Gasteiger partial charge < -0.3 is 11.1 Å². The molecule has 2 aromatic rings. The molecule has 6 nitrogen and oxygen atoms in total. The Morgan fingerprint density at radius 1 is 1.03 bits per heavy atom. The predicted molar refractivity (Wildman–Crippen MR) is 84.7 cm³/mol. The second-order valence-corrected chi connectivity index (χ2v) is 5.73. The number of nitro benzene ring substituents is 1. The lowest BCUT2D eigenvalue weighted by Gasteiger charge is -2.16. The van der Waals surface area contributed by atoms with E-state index >= 15 is 0 Å². The second-order valence-electron chi connectivity index (χ2n) is 5.73. The lowest BCUT2D eigenvalue weighted by atomic mass is 10.1. The number of hydrogen-bond donors (Lipinski definition) is 2. The van der Waals surface area contributed by atoms with Crippen LogP contribution in [0.1, 0.15) is 11.1 Å². The number of hydrogen-bond acceptors (Lipinski definition) is 4. The molecular formula is C16H10F7N3O3. The monoisotopic (exact) mass is 425 g/mol. The van der Waals surface area contributed by atoms with Crippen molar-refractivity contribution in [3.63, 3.8) is 0 Å². The van der Waals surface area contributed by atoms with Crippen molar-refractivity contribution in [2.75, 3.05) is 5.32 Å². The van der Waals surface area contributed by atoms with Gasteiger partial charge in [-0.15, -0.1) is 0 Å². The van der Waals surface area contributed by atoms with Gasteiger partial charge in [-0.2, -0.15) is 13.2 Å². The van der Waals surface area contributed by atoms with Gasteiger partial charge in [0, 0.05) is 12.1 Å². The predicted octanol–water partition coefficient (Wildman–Crippen LogP) is 3.68. The summed E-state index contributed by atoms with van der Waals surface area (Å²) < 4.78 is 92.4. The van der Waals surface area contributed by atoms with Crippen LogP contribution in [0.25, 0.3) is 0 Å². The van der Waals surface area contributed by atoms with Gasteiger partial charge in [-0.05, 0) is 12.0 Å². The topological polar surface area (TPSA) is 98.3 Å². The summed E-state index contributed by atoms with van der Waals surface area (Å²) in [5.41, 5.74) is 1.01. The van der Waals surface area contributed by atoms with E-state index in [0.717, 1.165) is 12.1 Å². The molecule has 156 valence electrons. The largest absolute Gasteiger partial charge is 0.422 e. The van der Waals surface area contributed by atoms with Gasteiger partial charge in [-0.1, -0.05) is 12.1 Å². The second kappa shape index (κ2) is 8.03. The van der Waals surface area contributed by atoms with Crippen molar-refractivity contribution < 1.29 is 40.5 Å². The molecule has 0 aliphatic heterocycles. The molecule has 0 bridgehead atoms. The van der Waals surface area contributed by atoms with Gasteiger partial charge in [0.25, 0.3) is 5.69 Å². The summed E-state index contributed by atoms with van der Waals surface area (Å²) in [5.74, 6) is -11.7. The quantitative estimate of drug-likeness (QED) is 0.331. The van der Waals surface area contributed by atoms with E-state index in [1.807, 2.05) is 0 Å². The minimum atomic E-state index is -5.72. The molecule has 0 aromatic heterocycles. The third-order valence-electron chi connectivity index (χ3n) is 3.73. The summed E-state index contributed by atoms with van der Waals surface area (Å²) in [6.07, 6.45) is -6.02. The molecule has 0 saturated carbocycles. The van der Waals surface area contributed by atoms with Crippen molar-refractivity contribution in [2.24, 2.45) is 5.73 Å². The van der Waals surface area contributed by atoms with Crippen LogP contribution < -0.4 is 11.1 Å². The minimum Gasteiger partial charge on any atom is -0.320 e. The standard InChI is InChI=1S/C16H10F7N3O3/c17-10-9(16(21,22)23)11(18)13(20)14(12(10)19)25-15(27)8(24)5-6-1-3-7(4-2-6)26(28)29/h1-4,8H,5,24H2,(H,25,27)/t8-/m0/s1. The molecule has 29 heavy (non-hydrogen) atoms. The van der Waals surface area contributed by atoms with E-state index in [-0.39, 0.29) is 12.1 Å². The van der Waals surface area contributed by atoms with Gasteiger partial charge in [0.2, 0.25) is 5.91 Å². The fourth-order valence-electron chi connectivity index (χ4n) is 2.31. The number of nitrogens with two attached hydrogens (primary N) is 1. The Labute approximate surface area is 157 Å². The molecule has 0 unspecified atom stereocenters. The van der Waals surface area contributed by atoms with E-state index < -0.39 is 57.6 Å². The summed E-state index contributed by atoms with van der Waals surface area (Å²) in [5, 5.41) is 12.0. The number of carbonyl (C=O) groups is 1. The number of halogens is 7. The highest BCUT2D eigenvalue weighted by Crippen LogP contribution is 2.38. The maximum Gasteiger partial charge on any atom is 0.422 e.